The monoisotopic (exact) mass is 291 g/mol. The Kier molecular flexibility index (Phi) is 3.33. The summed E-state index contributed by atoms with van der Waals surface area (Å²) in [6.07, 6.45) is 7.21. The zero-order valence-corrected chi connectivity index (χ0v) is 12.1. The molecule has 20 heavy (non-hydrogen) atoms. The van der Waals surface area contributed by atoms with E-state index in [-0.39, 0.29) is 11.3 Å². The van der Waals surface area contributed by atoms with Gasteiger partial charge in [-0.3, -0.25) is 9.97 Å². The van der Waals surface area contributed by atoms with Crippen LogP contribution in [0.3, 0.4) is 0 Å². The van der Waals surface area contributed by atoms with Gasteiger partial charge in [-0.2, -0.15) is 0 Å². The zero-order chi connectivity index (χ0) is 14.2. The van der Waals surface area contributed by atoms with Gasteiger partial charge in [0.05, 0.1) is 16.3 Å². The predicted octanol–water partition coefficient (Wildman–Crippen LogP) is 2.01. The van der Waals surface area contributed by atoms with Gasteiger partial charge < -0.3 is 5.32 Å². The average Bonchev–Trinajstić information content (AvgIpc) is 2.87. The molecule has 1 aliphatic rings. The van der Waals surface area contributed by atoms with Crippen molar-refractivity contribution in [2.75, 3.05) is 11.6 Å². The van der Waals surface area contributed by atoms with Crippen molar-refractivity contribution in [1.29, 1.82) is 0 Å². The molecule has 1 aromatic carbocycles. The SMILES string of the molecule is CS(=O)(=O)C1CCCC1Nc1ccc2nccnc2c1. The van der Waals surface area contributed by atoms with Crippen LogP contribution in [0.25, 0.3) is 11.0 Å². The number of anilines is 1. The highest BCUT2D eigenvalue weighted by atomic mass is 32.2. The van der Waals surface area contributed by atoms with Crippen LogP contribution < -0.4 is 5.32 Å². The number of hydrogen-bond donors (Lipinski definition) is 1. The highest BCUT2D eigenvalue weighted by Gasteiger charge is 2.34. The van der Waals surface area contributed by atoms with Gasteiger partial charge in [-0.25, -0.2) is 8.42 Å². The fourth-order valence-electron chi connectivity index (χ4n) is 2.87. The summed E-state index contributed by atoms with van der Waals surface area (Å²) < 4.78 is 23.6. The molecule has 1 N–H and O–H groups in total. The van der Waals surface area contributed by atoms with Crippen LogP contribution >= 0.6 is 0 Å². The maximum atomic E-state index is 11.8. The first-order valence-electron chi connectivity index (χ1n) is 6.70. The minimum Gasteiger partial charge on any atom is -0.381 e. The number of sulfone groups is 1. The Balaban J connectivity index is 1.85. The fourth-order valence-corrected chi connectivity index (χ4v) is 4.27. The van der Waals surface area contributed by atoms with Gasteiger partial charge in [-0.1, -0.05) is 0 Å². The van der Waals surface area contributed by atoms with Crippen LogP contribution in [0.5, 0.6) is 0 Å². The molecule has 6 heteroatoms. The molecular weight excluding hydrogens is 274 g/mol. The van der Waals surface area contributed by atoms with Crippen LogP contribution in [-0.2, 0) is 9.84 Å². The smallest absolute Gasteiger partial charge is 0.152 e. The average molecular weight is 291 g/mol. The summed E-state index contributed by atoms with van der Waals surface area (Å²) in [6.45, 7) is 0. The van der Waals surface area contributed by atoms with E-state index in [1.165, 1.54) is 6.26 Å². The molecule has 2 unspecified atom stereocenters. The normalized spacial score (nSPS) is 23.1. The first-order chi connectivity index (χ1) is 9.54. The number of fused-ring (bicyclic) bond motifs is 1. The van der Waals surface area contributed by atoms with Gasteiger partial charge in [0, 0.05) is 30.4 Å². The molecule has 2 atom stereocenters. The molecule has 1 heterocycles. The minimum absolute atomic E-state index is 0.0147. The number of nitrogens with zero attached hydrogens (tertiary/aromatic N) is 2. The number of nitrogens with one attached hydrogen (secondary N) is 1. The summed E-state index contributed by atoms with van der Waals surface area (Å²) in [4.78, 5) is 8.49. The first-order valence-corrected chi connectivity index (χ1v) is 8.66. The molecule has 0 amide bonds. The van der Waals surface area contributed by atoms with E-state index >= 15 is 0 Å². The van der Waals surface area contributed by atoms with Crippen molar-refractivity contribution in [2.45, 2.75) is 30.6 Å². The second kappa shape index (κ2) is 5.01. The Morgan fingerprint density at radius 3 is 2.65 bits per heavy atom. The molecule has 0 spiro atoms. The summed E-state index contributed by atoms with van der Waals surface area (Å²) in [6, 6.07) is 5.73. The largest absolute Gasteiger partial charge is 0.381 e. The standard InChI is InChI=1S/C14H17N3O2S/c1-20(18,19)14-4-2-3-12(14)17-10-5-6-11-13(9-10)16-8-7-15-11/h5-9,12,14,17H,2-4H2,1H3. The van der Waals surface area contributed by atoms with Gasteiger partial charge in [0.25, 0.3) is 0 Å². The van der Waals surface area contributed by atoms with E-state index in [9.17, 15) is 8.42 Å². The third-order valence-corrected chi connectivity index (χ3v) is 5.49. The van der Waals surface area contributed by atoms with Crippen molar-refractivity contribution in [2.24, 2.45) is 0 Å². The third kappa shape index (κ3) is 2.60. The lowest BCUT2D eigenvalue weighted by Gasteiger charge is -2.20. The van der Waals surface area contributed by atoms with E-state index in [0.717, 1.165) is 36.0 Å². The van der Waals surface area contributed by atoms with E-state index in [2.05, 4.69) is 15.3 Å². The lowest BCUT2D eigenvalue weighted by atomic mass is 10.2. The molecule has 0 radical (unpaired) electrons. The Morgan fingerprint density at radius 2 is 1.90 bits per heavy atom. The van der Waals surface area contributed by atoms with E-state index in [1.54, 1.807) is 12.4 Å². The minimum atomic E-state index is -3.00. The summed E-state index contributed by atoms with van der Waals surface area (Å²) in [5, 5.41) is 3.05. The Bertz CT molecular complexity index is 730. The number of hydrogen-bond acceptors (Lipinski definition) is 5. The third-order valence-electron chi connectivity index (χ3n) is 3.82. The maximum Gasteiger partial charge on any atom is 0.152 e. The lowest BCUT2D eigenvalue weighted by Crippen LogP contribution is -2.34. The zero-order valence-electron chi connectivity index (χ0n) is 11.3. The van der Waals surface area contributed by atoms with Gasteiger partial charge in [-0.15, -0.1) is 0 Å². The van der Waals surface area contributed by atoms with Crippen molar-refractivity contribution in [3.63, 3.8) is 0 Å². The van der Waals surface area contributed by atoms with Crippen molar-refractivity contribution >= 4 is 26.6 Å². The first kappa shape index (κ1) is 13.3. The number of aromatic nitrogens is 2. The molecule has 0 saturated heterocycles. The van der Waals surface area contributed by atoms with E-state index in [1.807, 2.05) is 18.2 Å². The van der Waals surface area contributed by atoms with Crippen LogP contribution in [0.15, 0.2) is 30.6 Å². The molecular formula is C14H17N3O2S. The highest BCUT2D eigenvalue weighted by Crippen LogP contribution is 2.28. The fraction of sp³-hybridized carbons (Fsp3) is 0.429. The summed E-state index contributed by atoms with van der Waals surface area (Å²) >= 11 is 0. The molecule has 1 aromatic heterocycles. The van der Waals surface area contributed by atoms with E-state index in [4.69, 9.17) is 0 Å². The van der Waals surface area contributed by atoms with Crippen LogP contribution in [0.4, 0.5) is 5.69 Å². The molecule has 1 aliphatic carbocycles. The van der Waals surface area contributed by atoms with Gasteiger partial charge in [0.1, 0.15) is 0 Å². The Morgan fingerprint density at radius 1 is 1.15 bits per heavy atom. The summed E-state index contributed by atoms with van der Waals surface area (Å²) in [7, 11) is -3.00. The van der Waals surface area contributed by atoms with Crippen LogP contribution in [-0.4, -0.2) is 35.9 Å². The van der Waals surface area contributed by atoms with Gasteiger partial charge in [0.15, 0.2) is 9.84 Å². The molecule has 0 aliphatic heterocycles. The van der Waals surface area contributed by atoms with Crippen molar-refractivity contribution in [3.8, 4) is 0 Å². The van der Waals surface area contributed by atoms with Crippen LogP contribution in [0, 0.1) is 0 Å². The quantitative estimate of drug-likeness (QED) is 0.936. The molecule has 1 fully saturated rings. The number of rotatable bonds is 3. The maximum absolute atomic E-state index is 11.8. The molecule has 106 valence electrons. The molecule has 3 rings (SSSR count). The second-order valence-electron chi connectivity index (χ2n) is 5.31. The lowest BCUT2D eigenvalue weighted by molar-refractivity contribution is 0.579. The van der Waals surface area contributed by atoms with Crippen molar-refractivity contribution in [3.05, 3.63) is 30.6 Å². The summed E-state index contributed by atoms with van der Waals surface area (Å²) in [5.41, 5.74) is 2.55. The Labute approximate surface area is 118 Å². The molecule has 5 nitrogen and oxygen atoms in total. The van der Waals surface area contributed by atoms with E-state index in [0.29, 0.717) is 0 Å². The van der Waals surface area contributed by atoms with E-state index < -0.39 is 9.84 Å². The van der Waals surface area contributed by atoms with Crippen molar-refractivity contribution < 1.29 is 8.42 Å². The predicted molar refractivity (Wildman–Crippen MR) is 79.4 cm³/mol. The van der Waals surface area contributed by atoms with Gasteiger partial charge in [0.2, 0.25) is 0 Å². The molecule has 0 bridgehead atoms. The Hall–Kier alpha value is -1.69. The van der Waals surface area contributed by atoms with Gasteiger partial charge in [-0.05, 0) is 37.5 Å². The number of benzene rings is 1. The van der Waals surface area contributed by atoms with Gasteiger partial charge >= 0.3 is 0 Å². The second-order valence-corrected chi connectivity index (χ2v) is 7.57. The molecule has 2 aromatic rings. The highest BCUT2D eigenvalue weighted by molar-refractivity contribution is 7.91. The van der Waals surface area contributed by atoms with Crippen molar-refractivity contribution in [1.82, 2.24) is 9.97 Å². The topological polar surface area (TPSA) is 72.0 Å². The van der Waals surface area contributed by atoms with Crippen LogP contribution in [0.2, 0.25) is 0 Å². The molecule has 1 saturated carbocycles. The summed E-state index contributed by atoms with van der Waals surface area (Å²) in [5.74, 6) is 0. The van der Waals surface area contributed by atoms with Crippen LogP contribution in [0.1, 0.15) is 19.3 Å².